The predicted molar refractivity (Wildman–Crippen MR) is 79.9 cm³/mol. The van der Waals surface area contributed by atoms with Gasteiger partial charge in [-0.05, 0) is 25.0 Å². The second kappa shape index (κ2) is 6.56. The highest BCUT2D eigenvalue weighted by atomic mass is 16.1. The van der Waals surface area contributed by atoms with Crippen LogP contribution >= 0.6 is 0 Å². The highest BCUT2D eigenvalue weighted by Gasteiger charge is 2.19. The summed E-state index contributed by atoms with van der Waals surface area (Å²) in [5, 5.41) is 9.83. The molecule has 0 aliphatic heterocycles. The molecule has 0 spiro atoms. The Morgan fingerprint density at radius 1 is 1.29 bits per heavy atom. The number of nitrogens with zero attached hydrogens (tertiary/aromatic N) is 3. The number of aromatic amines is 1. The maximum absolute atomic E-state index is 11.9. The van der Waals surface area contributed by atoms with E-state index < -0.39 is 0 Å². The van der Waals surface area contributed by atoms with E-state index in [0.717, 1.165) is 18.7 Å². The van der Waals surface area contributed by atoms with Crippen molar-refractivity contribution in [2.24, 2.45) is 0 Å². The lowest BCUT2D eigenvalue weighted by Crippen LogP contribution is -2.15. The number of hydrogen-bond donors (Lipinski definition) is 2. The van der Waals surface area contributed by atoms with E-state index in [0.29, 0.717) is 24.8 Å². The number of hydrogen-bond acceptors (Lipinski definition) is 3. The number of rotatable bonds is 5. The number of carbonyl (C=O) groups is 1. The zero-order chi connectivity index (χ0) is 14.5. The third kappa shape index (κ3) is 3.71. The first-order chi connectivity index (χ1) is 10.3. The van der Waals surface area contributed by atoms with E-state index in [1.807, 2.05) is 29.1 Å². The van der Waals surface area contributed by atoms with Gasteiger partial charge in [0.1, 0.15) is 5.82 Å². The molecule has 1 fully saturated rings. The third-order valence-electron chi connectivity index (χ3n) is 4.01. The molecule has 0 aromatic carbocycles. The summed E-state index contributed by atoms with van der Waals surface area (Å²) in [4.78, 5) is 16.3. The van der Waals surface area contributed by atoms with Gasteiger partial charge in [0.25, 0.3) is 0 Å². The highest BCUT2D eigenvalue weighted by molar-refractivity contribution is 5.88. The van der Waals surface area contributed by atoms with Crippen molar-refractivity contribution >= 4 is 11.9 Å². The van der Waals surface area contributed by atoms with Crippen molar-refractivity contribution < 1.29 is 4.79 Å². The summed E-state index contributed by atoms with van der Waals surface area (Å²) >= 11 is 0. The normalized spacial score (nSPS) is 16.0. The fourth-order valence-corrected chi connectivity index (χ4v) is 2.83. The van der Waals surface area contributed by atoms with Crippen LogP contribution in [0.3, 0.4) is 0 Å². The van der Waals surface area contributed by atoms with Crippen LogP contribution in [0, 0.1) is 0 Å². The predicted octanol–water partition coefficient (Wildman–Crippen LogP) is 2.68. The lowest BCUT2D eigenvalue weighted by molar-refractivity contribution is -0.116. The maximum Gasteiger partial charge on any atom is 0.248 e. The van der Waals surface area contributed by atoms with Crippen LogP contribution in [0.4, 0.5) is 5.95 Å². The summed E-state index contributed by atoms with van der Waals surface area (Å²) in [5.74, 6) is 1.72. The SMILES string of the molecule is O=C(CCn1cccc1)Nc1n[nH]c(C2CCCCC2)n1. The van der Waals surface area contributed by atoms with Gasteiger partial charge in [-0.15, -0.1) is 5.10 Å². The Kier molecular flexibility index (Phi) is 4.33. The van der Waals surface area contributed by atoms with E-state index in [9.17, 15) is 4.79 Å². The number of aromatic nitrogens is 4. The van der Waals surface area contributed by atoms with Crippen molar-refractivity contribution in [3.8, 4) is 0 Å². The zero-order valence-corrected chi connectivity index (χ0v) is 12.1. The van der Waals surface area contributed by atoms with Crippen molar-refractivity contribution in [1.29, 1.82) is 0 Å². The molecular formula is C15H21N5O. The number of carbonyl (C=O) groups excluding carboxylic acids is 1. The van der Waals surface area contributed by atoms with Gasteiger partial charge in [-0.1, -0.05) is 19.3 Å². The molecule has 1 aliphatic carbocycles. The molecule has 1 saturated carbocycles. The molecule has 0 saturated heterocycles. The molecule has 0 radical (unpaired) electrons. The van der Waals surface area contributed by atoms with E-state index in [2.05, 4.69) is 20.5 Å². The van der Waals surface area contributed by atoms with Crippen LogP contribution in [0.1, 0.15) is 50.3 Å². The van der Waals surface area contributed by atoms with Gasteiger partial charge in [-0.3, -0.25) is 15.2 Å². The van der Waals surface area contributed by atoms with Gasteiger partial charge in [-0.25, -0.2) is 0 Å². The topological polar surface area (TPSA) is 75.6 Å². The Hall–Kier alpha value is -2.11. The van der Waals surface area contributed by atoms with Crippen LogP contribution < -0.4 is 5.32 Å². The van der Waals surface area contributed by atoms with Gasteiger partial charge in [0.05, 0.1) is 0 Å². The first kappa shape index (κ1) is 13.9. The van der Waals surface area contributed by atoms with Crippen molar-refractivity contribution in [2.45, 2.75) is 51.0 Å². The Bertz CT molecular complexity index is 569. The summed E-state index contributed by atoms with van der Waals surface area (Å²) < 4.78 is 1.98. The molecule has 1 amide bonds. The number of anilines is 1. The van der Waals surface area contributed by atoms with Gasteiger partial charge in [0.15, 0.2) is 0 Å². The van der Waals surface area contributed by atoms with Crippen LogP contribution in [0.5, 0.6) is 0 Å². The zero-order valence-electron chi connectivity index (χ0n) is 12.1. The molecule has 6 nitrogen and oxygen atoms in total. The fourth-order valence-electron chi connectivity index (χ4n) is 2.83. The van der Waals surface area contributed by atoms with Crippen LogP contribution in [0.15, 0.2) is 24.5 Å². The molecule has 2 N–H and O–H groups in total. The van der Waals surface area contributed by atoms with Gasteiger partial charge in [0.2, 0.25) is 11.9 Å². The Labute approximate surface area is 124 Å². The molecule has 2 aromatic heterocycles. The largest absolute Gasteiger partial charge is 0.354 e. The highest BCUT2D eigenvalue weighted by Crippen LogP contribution is 2.30. The standard InChI is InChI=1S/C15H21N5O/c21-13(8-11-20-9-4-5-10-20)16-15-17-14(18-19-15)12-6-2-1-3-7-12/h4-5,9-10,12H,1-3,6-8,11H2,(H2,16,17,18,19,21). The minimum atomic E-state index is -0.0575. The van der Waals surface area contributed by atoms with E-state index in [1.54, 1.807) is 0 Å². The minimum absolute atomic E-state index is 0.0575. The second-order valence-electron chi connectivity index (χ2n) is 5.60. The van der Waals surface area contributed by atoms with Gasteiger partial charge in [-0.2, -0.15) is 4.98 Å². The number of aryl methyl sites for hydroxylation is 1. The van der Waals surface area contributed by atoms with E-state index >= 15 is 0 Å². The van der Waals surface area contributed by atoms with E-state index in [4.69, 9.17) is 0 Å². The Morgan fingerprint density at radius 3 is 2.81 bits per heavy atom. The molecule has 0 atom stereocenters. The lowest BCUT2D eigenvalue weighted by atomic mass is 9.89. The molecule has 112 valence electrons. The second-order valence-corrected chi connectivity index (χ2v) is 5.60. The van der Waals surface area contributed by atoms with Crippen LogP contribution in [-0.4, -0.2) is 25.7 Å². The number of amides is 1. The molecule has 2 heterocycles. The molecule has 1 aliphatic rings. The monoisotopic (exact) mass is 287 g/mol. The first-order valence-corrected chi connectivity index (χ1v) is 7.64. The Balaban J connectivity index is 1.50. The molecule has 6 heteroatoms. The van der Waals surface area contributed by atoms with Crippen molar-refractivity contribution in [3.05, 3.63) is 30.4 Å². The summed E-state index contributed by atoms with van der Waals surface area (Å²) in [7, 11) is 0. The average molecular weight is 287 g/mol. The average Bonchev–Trinajstić information content (AvgIpc) is 3.17. The maximum atomic E-state index is 11.9. The molecule has 3 rings (SSSR count). The van der Waals surface area contributed by atoms with Crippen molar-refractivity contribution in [1.82, 2.24) is 19.7 Å². The molecule has 0 bridgehead atoms. The van der Waals surface area contributed by atoms with Crippen molar-refractivity contribution in [2.75, 3.05) is 5.32 Å². The fraction of sp³-hybridized carbons (Fsp3) is 0.533. The summed E-state index contributed by atoms with van der Waals surface area (Å²) in [6, 6.07) is 3.90. The Morgan fingerprint density at radius 2 is 2.05 bits per heavy atom. The molecule has 0 unspecified atom stereocenters. The summed E-state index contributed by atoms with van der Waals surface area (Å²) in [5.41, 5.74) is 0. The quantitative estimate of drug-likeness (QED) is 0.887. The molecule has 21 heavy (non-hydrogen) atoms. The van der Waals surface area contributed by atoms with Crippen LogP contribution in [0.25, 0.3) is 0 Å². The number of nitrogens with one attached hydrogen (secondary N) is 2. The third-order valence-corrected chi connectivity index (χ3v) is 4.01. The van der Waals surface area contributed by atoms with Gasteiger partial charge in [0, 0.05) is 31.3 Å². The smallest absolute Gasteiger partial charge is 0.248 e. The van der Waals surface area contributed by atoms with Crippen LogP contribution in [-0.2, 0) is 11.3 Å². The van der Waals surface area contributed by atoms with Crippen molar-refractivity contribution in [3.63, 3.8) is 0 Å². The summed E-state index contributed by atoms with van der Waals surface area (Å²) in [6.07, 6.45) is 10.5. The molecular weight excluding hydrogens is 266 g/mol. The first-order valence-electron chi connectivity index (χ1n) is 7.64. The lowest BCUT2D eigenvalue weighted by Gasteiger charge is -2.18. The minimum Gasteiger partial charge on any atom is -0.354 e. The van der Waals surface area contributed by atoms with Gasteiger partial charge >= 0.3 is 0 Å². The summed E-state index contributed by atoms with van der Waals surface area (Å²) in [6.45, 7) is 0.665. The molecule has 2 aromatic rings. The van der Waals surface area contributed by atoms with Crippen LogP contribution in [0.2, 0.25) is 0 Å². The number of H-pyrrole nitrogens is 1. The van der Waals surface area contributed by atoms with E-state index in [1.165, 1.54) is 19.3 Å². The van der Waals surface area contributed by atoms with Gasteiger partial charge < -0.3 is 4.57 Å². The van der Waals surface area contributed by atoms with E-state index in [-0.39, 0.29) is 5.91 Å².